The Morgan fingerprint density at radius 1 is 1.12 bits per heavy atom. The zero-order valence-corrected chi connectivity index (χ0v) is 18.8. The Morgan fingerprint density at radius 3 is 2.59 bits per heavy atom. The van der Waals surface area contributed by atoms with Crippen molar-refractivity contribution in [1.29, 1.82) is 0 Å². The fourth-order valence-electron chi connectivity index (χ4n) is 5.51. The van der Waals surface area contributed by atoms with Gasteiger partial charge in [0.2, 0.25) is 5.91 Å². The van der Waals surface area contributed by atoms with E-state index in [9.17, 15) is 9.90 Å². The number of benzene rings is 2. The molecule has 0 radical (unpaired) electrons. The molecule has 1 amide bonds. The van der Waals surface area contributed by atoms with Crippen LogP contribution in [0.3, 0.4) is 0 Å². The molecule has 2 aliphatic heterocycles. The first-order chi connectivity index (χ1) is 15.6. The predicted octanol–water partition coefficient (Wildman–Crippen LogP) is 4.32. The van der Waals surface area contributed by atoms with Gasteiger partial charge in [0, 0.05) is 37.2 Å². The maximum atomic E-state index is 13.2. The molecule has 2 fully saturated rings. The molecule has 5 heteroatoms. The molecule has 0 bridgehead atoms. The summed E-state index contributed by atoms with van der Waals surface area (Å²) in [5, 5.41) is 9.68. The number of piperidine rings is 1. The lowest BCUT2D eigenvalue weighted by atomic mass is 9.90. The van der Waals surface area contributed by atoms with Crippen molar-refractivity contribution in [3.05, 3.63) is 65.7 Å². The topological polar surface area (TPSA) is 53.0 Å². The van der Waals surface area contributed by atoms with E-state index in [0.29, 0.717) is 5.91 Å². The monoisotopic (exact) mass is 432 g/mol. The van der Waals surface area contributed by atoms with Crippen LogP contribution in [0.2, 0.25) is 0 Å². The minimum atomic E-state index is 0.208. The van der Waals surface area contributed by atoms with Crippen LogP contribution in [0.5, 0.6) is 11.5 Å². The van der Waals surface area contributed by atoms with Gasteiger partial charge in [0.1, 0.15) is 11.5 Å². The van der Waals surface area contributed by atoms with Crippen LogP contribution in [0.15, 0.2) is 54.6 Å². The first-order valence-electron chi connectivity index (χ1n) is 11.7. The number of nitrogens with zero attached hydrogens (tertiary/aromatic N) is 2. The molecule has 0 aromatic heterocycles. The molecule has 5 rings (SSSR count). The summed E-state index contributed by atoms with van der Waals surface area (Å²) in [7, 11) is 1.64. The standard InChI is InChI=1S/C27H32N2O3/c1-32-25-17-23(30)8-7-22(25)19-28-15-11-27(12-16-28)18-24(27)26(31)29-13-9-21(10-14-29)20-5-3-2-4-6-20/h2-9,17,24,30H,10-16,18-19H2,1H3/t24-/m1/s1. The minimum Gasteiger partial charge on any atom is -0.508 e. The summed E-state index contributed by atoms with van der Waals surface area (Å²) in [4.78, 5) is 17.7. The van der Waals surface area contributed by atoms with Crippen molar-refractivity contribution in [1.82, 2.24) is 9.80 Å². The van der Waals surface area contributed by atoms with Gasteiger partial charge in [-0.15, -0.1) is 0 Å². The van der Waals surface area contributed by atoms with Crippen molar-refractivity contribution in [2.24, 2.45) is 11.3 Å². The number of aromatic hydroxyl groups is 1. The Hall–Kier alpha value is -2.79. The van der Waals surface area contributed by atoms with Crippen molar-refractivity contribution in [3.63, 3.8) is 0 Å². The van der Waals surface area contributed by atoms with Gasteiger partial charge in [0.25, 0.3) is 0 Å². The largest absolute Gasteiger partial charge is 0.508 e. The number of rotatable bonds is 5. The van der Waals surface area contributed by atoms with E-state index in [1.54, 1.807) is 19.2 Å². The average Bonchev–Trinajstić information content (AvgIpc) is 3.55. The normalized spacial score (nSPS) is 22.5. The third-order valence-electron chi connectivity index (χ3n) is 7.67. The lowest BCUT2D eigenvalue weighted by Gasteiger charge is -2.34. The summed E-state index contributed by atoms with van der Waals surface area (Å²) in [5.41, 5.74) is 3.95. The third kappa shape index (κ3) is 4.14. The highest BCUT2D eigenvalue weighted by Crippen LogP contribution is 2.60. The number of hydrogen-bond acceptors (Lipinski definition) is 4. The fraction of sp³-hybridized carbons (Fsp3) is 0.444. The molecule has 2 aromatic rings. The van der Waals surface area contributed by atoms with Gasteiger partial charge in [-0.3, -0.25) is 9.69 Å². The van der Waals surface area contributed by atoms with Gasteiger partial charge in [0.05, 0.1) is 7.11 Å². The van der Waals surface area contributed by atoms with Gasteiger partial charge >= 0.3 is 0 Å². The number of ether oxygens (including phenoxy) is 1. The zero-order chi connectivity index (χ0) is 22.1. The van der Waals surface area contributed by atoms with Crippen molar-refractivity contribution < 1.29 is 14.6 Å². The van der Waals surface area contributed by atoms with Gasteiger partial charge < -0.3 is 14.7 Å². The SMILES string of the molecule is COc1cc(O)ccc1CN1CCC2(CC1)C[C@@H]2C(=O)N1CC=C(c2ccccc2)CC1. The van der Waals surface area contributed by atoms with Crippen molar-refractivity contribution >= 4 is 11.5 Å². The van der Waals surface area contributed by atoms with E-state index in [1.165, 1.54) is 11.1 Å². The first-order valence-corrected chi connectivity index (χ1v) is 11.7. The number of likely N-dealkylation sites (tertiary alicyclic amines) is 1. The van der Waals surface area contributed by atoms with Crippen LogP contribution in [0.1, 0.15) is 36.8 Å². The highest BCUT2D eigenvalue weighted by atomic mass is 16.5. The summed E-state index contributed by atoms with van der Waals surface area (Å²) in [6, 6.07) is 15.8. The number of methoxy groups -OCH3 is 1. The molecule has 3 aliphatic rings. The quantitative estimate of drug-likeness (QED) is 0.765. The lowest BCUT2D eigenvalue weighted by molar-refractivity contribution is -0.133. The number of phenols is 1. The smallest absolute Gasteiger partial charge is 0.226 e. The molecule has 1 aliphatic carbocycles. The highest BCUT2D eigenvalue weighted by molar-refractivity contribution is 5.84. The van der Waals surface area contributed by atoms with E-state index < -0.39 is 0 Å². The summed E-state index contributed by atoms with van der Waals surface area (Å²) in [6.45, 7) is 4.40. The molecule has 1 N–H and O–H groups in total. The van der Waals surface area contributed by atoms with Gasteiger partial charge in [-0.2, -0.15) is 0 Å². The molecule has 1 saturated carbocycles. The Balaban J connectivity index is 1.14. The maximum absolute atomic E-state index is 13.2. The molecular formula is C27H32N2O3. The van der Waals surface area contributed by atoms with E-state index >= 15 is 0 Å². The van der Waals surface area contributed by atoms with E-state index in [1.807, 2.05) is 12.1 Å². The molecule has 2 heterocycles. The Bertz CT molecular complexity index is 1010. The molecule has 168 valence electrons. The maximum Gasteiger partial charge on any atom is 0.226 e. The van der Waals surface area contributed by atoms with Crippen LogP contribution in [0.25, 0.3) is 5.57 Å². The first kappa shape index (κ1) is 21.1. The van der Waals surface area contributed by atoms with Gasteiger partial charge in [-0.25, -0.2) is 0 Å². The van der Waals surface area contributed by atoms with Crippen LogP contribution in [0, 0.1) is 11.3 Å². The highest BCUT2D eigenvalue weighted by Gasteiger charge is 2.59. The lowest BCUT2D eigenvalue weighted by Crippen LogP contribution is -2.39. The molecule has 0 unspecified atom stereocenters. The zero-order valence-electron chi connectivity index (χ0n) is 18.8. The molecule has 32 heavy (non-hydrogen) atoms. The van der Waals surface area contributed by atoms with Crippen LogP contribution >= 0.6 is 0 Å². The summed E-state index contributed by atoms with van der Waals surface area (Å²) < 4.78 is 5.43. The van der Waals surface area contributed by atoms with Crippen LogP contribution in [-0.4, -0.2) is 54.1 Å². The van der Waals surface area contributed by atoms with Crippen molar-refractivity contribution in [2.75, 3.05) is 33.3 Å². The summed E-state index contributed by atoms with van der Waals surface area (Å²) >= 11 is 0. The van der Waals surface area contributed by atoms with Crippen LogP contribution in [-0.2, 0) is 11.3 Å². The van der Waals surface area contributed by atoms with E-state index in [2.05, 4.69) is 40.1 Å². The summed E-state index contributed by atoms with van der Waals surface area (Å²) in [6.07, 6.45) is 6.40. The van der Waals surface area contributed by atoms with Gasteiger partial charge in [-0.1, -0.05) is 42.5 Å². The van der Waals surface area contributed by atoms with E-state index in [0.717, 1.165) is 69.7 Å². The van der Waals surface area contributed by atoms with Gasteiger partial charge in [-0.05, 0) is 61.4 Å². The molecule has 2 aromatic carbocycles. The van der Waals surface area contributed by atoms with E-state index in [4.69, 9.17) is 4.74 Å². The second-order valence-electron chi connectivity index (χ2n) is 9.52. The predicted molar refractivity (Wildman–Crippen MR) is 125 cm³/mol. The number of hydrogen-bond donors (Lipinski definition) is 1. The molecular weight excluding hydrogens is 400 g/mol. The number of phenolic OH excluding ortho intramolecular Hbond substituents is 1. The molecule has 5 nitrogen and oxygen atoms in total. The number of carbonyl (C=O) groups is 1. The minimum absolute atomic E-state index is 0.208. The third-order valence-corrected chi connectivity index (χ3v) is 7.67. The van der Waals surface area contributed by atoms with E-state index in [-0.39, 0.29) is 17.1 Å². The fourth-order valence-corrected chi connectivity index (χ4v) is 5.51. The molecule has 1 spiro atoms. The Labute approximate surface area is 190 Å². The van der Waals surface area contributed by atoms with Crippen molar-refractivity contribution in [3.8, 4) is 11.5 Å². The van der Waals surface area contributed by atoms with Crippen molar-refractivity contribution in [2.45, 2.75) is 32.2 Å². The Morgan fingerprint density at radius 2 is 1.91 bits per heavy atom. The second kappa shape index (κ2) is 8.62. The van der Waals surface area contributed by atoms with Crippen LogP contribution < -0.4 is 4.74 Å². The second-order valence-corrected chi connectivity index (χ2v) is 9.52. The molecule has 1 atom stereocenters. The Kier molecular flexibility index (Phi) is 5.68. The number of carbonyl (C=O) groups excluding carboxylic acids is 1. The van der Waals surface area contributed by atoms with Crippen LogP contribution in [0.4, 0.5) is 0 Å². The molecule has 1 saturated heterocycles. The summed E-state index contributed by atoms with van der Waals surface area (Å²) in [5.74, 6) is 1.53. The average molecular weight is 433 g/mol. The van der Waals surface area contributed by atoms with Gasteiger partial charge in [0.15, 0.2) is 0 Å². The number of amides is 1.